The minimum Gasteiger partial charge on any atom is -0.476 e. The van der Waals surface area contributed by atoms with Gasteiger partial charge in [-0.3, -0.25) is 0 Å². The summed E-state index contributed by atoms with van der Waals surface area (Å²) in [5.41, 5.74) is 0.378. The van der Waals surface area contributed by atoms with E-state index in [-0.39, 0.29) is 11.7 Å². The molecule has 0 aliphatic heterocycles. The van der Waals surface area contributed by atoms with Crippen molar-refractivity contribution in [3.63, 3.8) is 0 Å². The summed E-state index contributed by atoms with van der Waals surface area (Å²) < 4.78 is 1.41. The first-order valence-electron chi connectivity index (χ1n) is 4.28. The largest absolute Gasteiger partial charge is 0.476 e. The number of rotatable bonds is 3. The Labute approximate surface area is 81.2 Å². The standard InChI is InChI=1S/C8H13N3O3/c1-4(6(3)12)11-5(2)7(8(13)14)9-10-11/h4,6,12H,1-3H3,(H,13,14). The van der Waals surface area contributed by atoms with Gasteiger partial charge >= 0.3 is 5.97 Å². The van der Waals surface area contributed by atoms with E-state index in [0.29, 0.717) is 5.69 Å². The van der Waals surface area contributed by atoms with Gasteiger partial charge in [0.05, 0.1) is 17.8 Å². The number of aliphatic hydroxyl groups excluding tert-OH is 1. The monoisotopic (exact) mass is 199 g/mol. The van der Waals surface area contributed by atoms with Gasteiger partial charge < -0.3 is 10.2 Å². The lowest BCUT2D eigenvalue weighted by molar-refractivity contribution is 0.0689. The fourth-order valence-corrected chi connectivity index (χ4v) is 1.13. The molecule has 6 nitrogen and oxygen atoms in total. The predicted molar refractivity (Wildman–Crippen MR) is 48.1 cm³/mol. The van der Waals surface area contributed by atoms with Gasteiger partial charge in [-0.1, -0.05) is 5.21 Å². The molecule has 1 aromatic heterocycles. The molecule has 0 saturated carbocycles. The Hall–Kier alpha value is -1.43. The molecule has 0 aliphatic carbocycles. The molecule has 78 valence electrons. The molecule has 0 aromatic carbocycles. The van der Waals surface area contributed by atoms with Gasteiger partial charge in [0, 0.05) is 0 Å². The van der Waals surface area contributed by atoms with Crippen LogP contribution in [0.15, 0.2) is 0 Å². The molecule has 1 rings (SSSR count). The molecule has 0 fully saturated rings. The third-order valence-corrected chi connectivity index (χ3v) is 2.21. The minimum atomic E-state index is -1.11. The average molecular weight is 199 g/mol. The van der Waals surface area contributed by atoms with Gasteiger partial charge in [-0.2, -0.15) is 0 Å². The van der Waals surface area contributed by atoms with Crippen molar-refractivity contribution in [2.75, 3.05) is 0 Å². The van der Waals surface area contributed by atoms with Crippen LogP contribution in [0.1, 0.15) is 36.1 Å². The maximum atomic E-state index is 10.6. The fourth-order valence-electron chi connectivity index (χ4n) is 1.13. The number of aromatic carboxylic acids is 1. The summed E-state index contributed by atoms with van der Waals surface area (Å²) in [4.78, 5) is 10.6. The number of hydrogen-bond donors (Lipinski definition) is 2. The van der Waals surface area contributed by atoms with Gasteiger partial charge in [-0.25, -0.2) is 9.48 Å². The van der Waals surface area contributed by atoms with Crippen molar-refractivity contribution in [3.8, 4) is 0 Å². The van der Waals surface area contributed by atoms with Gasteiger partial charge in [0.25, 0.3) is 0 Å². The van der Waals surface area contributed by atoms with E-state index in [1.807, 2.05) is 0 Å². The Morgan fingerprint density at radius 1 is 1.50 bits per heavy atom. The van der Waals surface area contributed by atoms with E-state index in [4.69, 9.17) is 5.11 Å². The lowest BCUT2D eigenvalue weighted by atomic mass is 10.2. The molecule has 2 N–H and O–H groups in total. The zero-order valence-corrected chi connectivity index (χ0v) is 8.30. The Morgan fingerprint density at radius 3 is 2.43 bits per heavy atom. The Balaban J connectivity index is 3.06. The molecule has 2 atom stereocenters. The lowest BCUT2D eigenvalue weighted by Gasteiger charge is -2.15. The molecule has 0 bridgehead atoms. The van der Waals surface area contributed by atoms with Crippen molar-refractivity contribution in [2.24, 2.45) is 0 Å². The van der Waals surface area contributed by atoms with Gasteiger partial charge in [-0.05, 0) is 20.8 Å². The van der Waals surface area contributed by atoms with Crippen molar-refractivity contribution in [3.05, 3.63) is 11.4 Å². The van der Waals surface area contributed by atoms with Crippen LogP contribution in [0.2, 0.25) is 0 Å². The van der Waals surface area contributed by atoms with Crippen LogP contribution in [0.25, 0.3) is 0 Å². The maximum Gasteiger partial charge on any atom is 0.358 e. The molecule has 0 radical (unpaired) electrons. The quantitative estimate of drug-likeness (QED) is 0.727. The van der Waals surface area contributed by atoms with Gasteiger partial charge in [-0.15, -0.1) is 5.10 Å². The van der Waals surface area contributed by atoms with E-state index in [1.165, 1.54) is 4.68 Å². The van der Waals surface area contributed by atoms with E-state index in [2.05, 4.69) is 10.3 Å². The van der Waals surface area contributed by atoms with Crippen molar-refractivity contribution in [2.45, 2.75) is 32.9 Å². The van der Waals surface area contributed by atoms with Crippen molar-refractivity contribution >= 4 is 5.97 Å². The molecule has 0 spiro atoms. The molecule has 0 aliphatic rings. The zero-order chi connectivity index (χ0) is 10.9. The van der Waals surface area contributed by atoms with Gasteiger partial charge in [0.1, 0.15) is 0 Å². The average Bonchev–Trinajstić information content (AvgIpc) is 2.45. The van der Waals surface area contributed by atoms with Crippen molar-refractivity contribution < 1.29 is 15.0 Å². The number of carboxylic acid groups (broad SMARTS) is 1. The number of carbonyl (C=O) groups is 1. The summed E-state index contributed by atoms with van der Waals surface area (Å²) in [6.45, 7) is 4.98. The van der Waals surface area contributed by atoms with Crippen LogP contribution in [0.4, 0.5) is 0 Å². The molecule has 0 saturated heterocycles. The number of hydrogen-bond acceptors (Lipinski definition) is 4. The normalized spacial score (nSPS) is 15.1. The van der Waals surface area contributed by atoms with Crippen LogP contribution < -0.4 is 0 Å². The summed E-state index contributed by atoms with van der Waals surface area (Å²) >= 11 is 0. The second-order valence-electron chi connectivity index (χ2n) is 3.25. The SMILES string of the molecule is Cc1c(C(=O)O)nnn1C(C)C(C)O. The highest BCUT2D eigenvalue weighted by atomic mass is 16.4. The van der Waals surface area contributed by atoms with Crippen LogP contribution in [0.3, 0.4) is 0 Å². The lowest BCUT2D eigenvalue weighted by Crippen LogP contribution is -2.20. The third kappa shape index (κ3) is 1.74. The highest BCUT2D eigenvalue weighted by Gasteiger charge is 2.20. The minimum absolute atomic E-state index is 0.0718. The Kier molecular flexibility index (Phi) is 2.85. The molecular formula is C8H13N3O3. The predicted octanol–water partition coefficient (Wildman–Crippen LogP) is 0.227. The Morgan fingerprint density at radius 2 is 2.07 bits per heavy atom. The molecule has 1 heterocycles. The molecule has 0 amide bonds. The number of aromatic nitrogens is 3. The summed E-state index contributed by atoms with van der Waals surface area (Å²) in [6.07, 6.45) is -0.600. The maximum absolute atomic E-state index is 10.6. The van der Waals surface area contributed by atoms with E-state index < -0.39 is 12.1 Å². The summed E-state index contributed by atoms with van der Waals surface area (Å²) in [5.74, 6) is -1.11. The van der Waals surface area contributed by atoms with Gasteiger partial charge in [0.2, 0.25) is 0 Å². The topological polar surface area (TPSA) is 88.2 Å². The van der Waals surface area contributed by atoms with Crippen LogP contribution >= 0.6 is 0 Å². The smallest absolute Gasteiger partial charge is 0.358 e. The van der Waals surface area contributed by atoms with Crippen LogP contribution in [0.5, 0.6) is 0 Å². The van der Waals surface area contributed by atoms with Crippen LogP contribution in [0, 0.1) is 6.92 Å². The highest BCUT2D eigenvalue weighted by Crippen LogP contribution is 2.14. The zero-order valence-electron chi connectivity index (χ0n) is 8.30. The van der Waals surface area contributed by atoms with Gasteiger partial charge in [0.15, 0.2) is 5.69 Å². The van der Waals surface area contributed by atoms with E-state index >= 15 is 0 Å². The van der Waals surface area contributed by atoms with Crippen molar-refractivity contribution in [1.29, 1.82) is 0 Å². The molecule has 1 aromatic rings. The second-order valence-corrected chi connectivity index (χ2v) is 3.25. The molecule has 2 unspecified atom stereocenters. The first-order valence-corrected chi connectivity index (χ1v) is 4.28. The van der Waals surface area contributed by atoms with E-state index in [9.17, 15) is 9.90 Å². The van der Waals surface area contributed by atoms with Crippen molar-refractivity contribution in [1.82, 2.24) is 15.0 Å². The van der Waals surface area contributed by atoms with Crippen LogP contribution in [-0.4, -0.2) is 37.3 Å². The van der Waals surface area contributed by atoms with E-state index in [0.717, 1.165) is 0 Å². The summed E-state index contributed by atoms with van der Waals surface area (Å²) in [7, 11) is 0. The highest BCUT2D eigenvalue weighted by molar-refractivity contribution is 5.86. The fraction of sp³-hybridized carbons (Fsp3) is 0.625. The number of nitrogens with zero attached hydrogens (tertiary/aromatic N) is 3. The summed E-state index contributed by atoms with van der Waals surface area (Å²) in [5, 5.41) is 25.2. The third-order valence-electron chi connectivity index (χ3n) is 2.21. The molecular weight excluding hydrogens is 186 g/mol. The van der Waals surface area contributed by atoms with Crippen LogP contribution in [-0.2, 0) is 0 Å². The first-order chi connectivity index (χ1) is 6.45. The second kappa shape index (κ2) is 3.75. The first kappa shape index (κ1) is 10.6. The van der Waals surface area contributed by atoms with E-state index in [1.54, 1.807) is 20.8 Å². The number of carboxylic acids is 1. The Bertz CT molecular complexity index is 346. The number of aliphatic hydroxyl groups is 1. The molecule has 6 heteroatoms. The molecule has 14 heavy (non-hydrogen) atoms. The summed E-state index contributed by atoms with van der Waals surface area (Å²) in [6, 6.07) is -0.282.